The number of hydrogen-bond donors (Lipinski definition) is 2. The molecule has 2 bridgehead atoms. The van der Waals surface area contributed by atoms with Crippen LogP contribution in [0.2, 0.25) is 0 Å². The smallest absolute Gasteiger partial charge is 0.0963 e. The lowest BCUT2D eigenvalue weighted by Gasteiger charge is -2.39. The summed E-state index contributed by atoms with van der Waals surface area (Å²) in [6, 6.07) is 0. The molecule has 0 aromatic heterocycles. The quantitative estimate of drug-likeness (QED) is 0.416. The van der Waals surface area contributed by atoms with Crippen molar-refractivity contribution in [3.63, 3.8) is 0 Å². The second-order valence-electron chi connectivity index (χ2n) is 8.72. The Morgan fingerprint density at radius 3 is 2.43 bits per heavy atom. The zero-order valence-corrected chi connectivity index (χ0v) is 14.6. The molecule has 2 rings (SSSR count). The number of rotatable bonds is 7. The van der Waals surface area contributed by atoms with Crippen LogP contribution in [0.1, 0.15) is 73.1 Å². The number of ether oxygens (including phenoxy) is 1. The monoisotopic (exact) mass is 294 g/mol. The fourth-order valence-electron chi connectivity index (χ4n) is 4.41. The maximum absolute atomic E-state index is 7.59. The van der Waals surface area contributed by atoms with Gasteiger partial charge in [-0.2, -0.15) is 0 Å². The van der Waals surface area contributed by atoms with Crippen molar-refractivity contribution in [2.24, 2.45) is 27.9 Å². The van der Waals surface area contributed by atoms with Crippen LogP contribution in [-0.2, 0) is 4.74 Å². The van der Waals surface area contributed by atoms with Gasteiger partial charge < -0.3 is 10.5 Å². The minimum absolute atomic E-state index is 0.166. The number of amidine groups is 1. The van der Waals surface area contributed by atoms with Gasteiger partial charge in [0.05, 0.1) is 11.9 Å². The normalized spacial score (nSPS) is 34.3. The maximum atomic E-state index is 7.59. The molecule has 0 amide bonds. The number of nitrogens with two attached hydrogens (primary N) is 1. The topological polar surface area (TPSA) is 59.1 Å². The van der Waals surface area contributed by atoms with Crippen LogP contribution in [0, 0.1) is 27.6 Å². The number of nitrogens with one attached hydrogen (secondary N) is 1. The minimum atomic E-state index is -0.166. The Kier molecular flexibility index (Phi) is 4.45. The van der Waals surface area contributed by atoms with Gasteiger partial charge in [0.1, 0.15) is 0 Å². The summed E-state index contributed by atoms with van der Waals surface area (Å²) in [7, 11) is 0. The van der Waals surface area contributed by atoms with Gasteiger partial charge in [-0.15, -0.1) is 0 Å². The van der Waals surface area contributed by atoms with Gasteiger partial charge in [-0.1, -0.05) is 41.0 Å². The van der Waals surface area contributed by atoms with Crippen molar-refractivity contribution in [2.75, 3.05) is 6.61 Å². The van der Waals surface area contributed by atoms with Gasteiger partial charge in [-0.3, -0.25) is 5.41 Å². The lowest BCUT2D eigenvalue weighted by atomic mass is 9.70. The summed E-state index contributed by atoms with van der Waals surface area (Å²) in [6.07, 6.45) is 7.55. The van der Waals surface area contributed by atoms with Gasteiger partial charge in [0.25, 0.3) is 0 Å². The molecule has 21 heavy (non-hydrogen) atoms. The van der Waals surface area contributed by atoms with Gasteiger partial charge in [0, 0.05) is 12.0 Å². The van der Waals surface area contributed by atoms with Crippen LogP contribution < -0.4 is 5.73 Å². The average molecular weight is 294 g/mol. The molecule has 2 fully saturated rings. The first kappa shape index (κ1) is 16.8. The first-order valence-corrected chi connectivity index (χ1v) is 8.57. The van der Waals surface area contributed by atoms with Crippen LogP contribution >= 0.6 is 0 Å². The summed E-state index contributed by atoms with van der Waals surface area (Å²) >= 11 is 0. The zero-order valence-electron chi connectivity index (χ0n) is 14.6. The Balaban J connectivity index is 1.73. The predicted octanol–water partition coefficient (Wildman–Crippen LogP) is 4.35. The molecular weight excluding hydrogens is 260 g/mol. The van der Waals surface area contributed by atoms with Crippen LogP contribution in [0.15, 0.2) is 0 Å². The van der Waals surface area contributed by atoms with Crippen molar-refractivity contribution >= 4 is 5.84 Å². The highest BCUT2D eigenvalue weighted by Crippen LogP contribution is 2.66. The van der Waals surface area contributed by atoms with Crippen molar-refractivity contribution in [2.45, 2.75) is 79.2 Å². The third-order valence-corrected chi connectivity index (χ3v) is 6.96. The van der Waals surface area contributed by atoms with Crippen molar-refractivity contribution in [1.82, 2.24) is 0 Å². The van der Waals surface area contributed by atoms with E-state index in [2.05, 4.69) is 34.6 Å². The first-order valence-electron chi connectivity index (χ1n) is 8.57. The Hall–Kier alpha value is -0.570. The SMILES string of the molecule is CC(C)(CCCCOC1CC2CCC1(C)C2(C)C)C(=N)N. The molecule has 0 aromatic carbocycles. The van der Waals surface area contributed by atoms with E-state index in [9.17, 15) is 0 Å². The minimum Gasteiger partial charge on any atom is -0.387 e. The van der Waals surface area contributed by atoms with Crippen molar-refractivity contribution in [1.29, 1.82) is 5.41 Å². The largest absolute Gasteiger partial charge is 0.387 e. The zero-order chi connectivity index (χ0) is 15.9. The Labute approximate surface area is 130 Å². The molecule has 2 saturated carbocycles. The molecule has 0 radical (unpaired) electrons. The highest BCUT2D eigenvalue weighted by molar-refractivity contribution is 5.82. The molecule has 3 unspecified atom stereocenters. The summed E-state index contributed by atoms with van der Waals surface area (Å²) in [6.45, 7) is 12.3. The summed E-state index contributed by atoms with van der Waals surface area (Å²) in [4.78, 5) is 0. The van der Waals surface area contributed by atoms with Crippen LogP contribution in [0.3, 0.4) is 0 Å². The predicted molar refractivity (Wildman–Crippen MR) is 88.5 cm³/mol. The van der Waals surface area contributed by atoms with Crippen molar-refractivity contribution in [3.05, 3.63) is 0 Å². The van der Waals surface area contributed by atoms with Crippen LogP contribution in [0.25, 0.3) is 0 Å². The molecule has 3 N–H and O–H groups in total. The van der Waals surface area contributed by atoms with E-state index in [1.807, 2.05) is 0 Å². The molecule has 0 saturated heterocycles. The first-order chi connectivity index (χ1) is 9.61. The third-order valence-electron chi connectivity index (χ3n) is 6.96. The highest BCUT2D eigenvalue weighted by Gasteiger charge is 2.61. The number of fused-ring (bicyclic) bond motifs is 2. The van der Waals surface area contributed by atoms with Crippen LogP contribution in [-0.4, -0.2) is 18.5 Å². The molecule has 3 atom stereocenters. The molecule has 2 aliphatic carbocycles. The molecule has 3 heteroatoms. The van der Waals surface area contributed by atoms with Gasteiger partial charge in [0.15, 0.2) is 0 Å². The summed E-state index contributed by atoms with van der Waals surface area (Å²) in [5.74, 6) is 1.15. The van der Waals surface area contributed by atoms with Crippen molar-refractivity contribution < 1.29 is 4.74 Å². The Morgan fingerprint density at radius 1 is 1.29 bits per heavy atom. The van der Waals surface area contributed by atoms with E-state index >= 15 is 0 Å². The lowest BCUT2D eigenvalue weighted by Crippen LogP contribution is -2.37. The van der Waals surface area contributed by atoms with Crippen molar-refractivity contribution in [3.8, 4) is 0 Å². The molecule has 0 aromatic rings. The Morgan fingerprint density at radius 2 is 1.95 bits per heavy atom. The van der Waals surface area contributed by atoms with Crippen LogP contribution in [0.5, 0.6) is 0 Å². The summed E-state index contributed by atoms with van der Waals surface area (Å²) < 4.78 is 6.27. The van der Waals surface area contributed by atoms with E-state index < -0.39 is 0 Å². The van der Waals surface area contributed by atoms with E-state index in [-0.39, 0.29) is 5.41 Å². The lowest BCUT2D eigenvalue weighted by molar-refractivity contribution is -0.0477. The van der Waals surface area contributed by atoms with E-state index in [1.54, 1.807) is 0 Å². The summed E-state index contributed by atoms with van der Waals surface area (Å²) in [5, 5.41) is 7.59. The molecule has 2 aliphatic rings. The second kappa shape index (κ2) is 5.57. The van der Waals surface area contributed by atoms with E-state index in [0.29, 0.717) is 22.8 Å². The summed E-state index contributed by atoms with van der Waals surface area (Å²) in [5.41, 5.74) is 6.27. The van der Waals surface area contributed by atoms with Gasteiger partial charge in [0.2, 0.25) is 0 Å². The van der Waals surface area contributed by atoms with E-state index in [0.717, 1.165) is 31.8 Å². The van der Waals surface area contributed by atoms with Gasteiger partial charge >= 0.3 is 0 Å². The molecule has 3 nitrogen and oxygen atoms in total. The fraction of sp³-hybridized carbons (Fsp3) is 0.944. The van der Waals surface area contributed by atoms with E-state index in [4.69, 9.17) is 15.9 Å². The number of hydrogen-bond acceptors (Lipinski definition) is 2. The standard InChI is InChI=1S/C18H34N2O/c1-16(2,15(19)20)9-6-7-11-21-14-12-13-8-10-18(14,5)17(13,3)4/h13-14H,6-12H2,1-5H3,(H3,19,20). The van der Waals surface area contributed by atoms with E-state index in [1.165, 1.54) is 19.3 Å². The second-order valence-corrected chi connectivity index (χ2v) is 8.72. The van der Waals surface area contributed by atoms with Gasteiger partial charge in [-0.25, -0.2) is 0 Å². The molecule has 0 heterocycles. The maximum Gasteiger partial charge on any atom is 0.0963 e. The molecule has 0 aliphatic heterocycles. The van der Waals surface area contributed by atoms with Gasteiger partial charge in [-0.05, 0) is 48.9 Å². The average Bonchev–Trinajstić information content (AvgIpc) is 2.71. The molecule has 0 spiro atoms. The van der Waals surface area contributed by atoms with Crippen LogP contribution in [0.4, 0.5) is 0 Å². The third kappa shape index (κ3) is 2.86. The Bertz CT molecular complexity index is 402. The molecule has 122 valence electrons. The highest BCUT2D eigenvalue weighted by atomic mass is 16.5. The molecular formula is C18H34N2O. The number of unbranched alkanes of at least 4 members (excludes halogenated alkanes) is 1. The fourth-order valence-corrected chi connectivity index (χ4v) is 4.41.